The Morgan fingerprint density at radius 3 is 2.47 bits per heavy atom. The molecule has 0 aromatic heterocycles. The zero-order valence-electron chi connectivity index (χ0n) is 10.3. The topological polar surface area (TPSA) is 35.8 Å². The van der Waals surface area contributed by atoms with E-state index < -0.39 is 6.04 Å². The Hall–Kier alpha value is -2.05. The molecule has 2 aromatic rings. The summed E-state index contributed by atoms with van der Waals surface area (Å²) in [4.78, 5) is 0. The number of anilines is 1. The van der Waals surface area contributed by atoms with Crippen molar-refractivity contribution in [3.8, 4) is 6.07 Å². The molecule has 4 heteroatoms. The van der Waals surface area contributed by atoms with E-state index in [1.165, 1.54) is 12.1 Å². The first-order chi connectivity index (χ1) is 9.10. The number of rotatable bonds is 3. The van der Waals surface area contributed by atoms with Gasteiger partial charge in [-0.25, -0.2) is 4.39 Å². The molecule has 1 unspecified atom stereocenters. The second-order valence-electron chi connectivity index (χ2n) is 4.21. The van der Waals surface area contributed by atoms with E-state index in [4.69, 9.17) is 11.6 Å². The van der Waals surface area contributed by atoms with Gasteiger partial charge in [-0.1, -0.05) is 17.7 Å². The average Bonchev–Trinajstić information content (AvgIpc) is 2.39. The first kappa shape index (κ1) is 13.4. The van der Waals surface area contributed by atoms with E-state index in [9.17, 15) is 9.65 Å². The molecule has 19 heavy (non-hydrogen) atoms. The molecule has 0 spiro atoms. The number of nitriles is 1. The van der Waals surface area contributed by atoms with Gasteiger partial charge in [0.15, 0.2) is 0 Å². The van der Waals surface area contributed by atoms with Crippen LogP contribution in [0.1, 0.15) is 17.2 Å². The minimum atomic E-state index is -0.526. The van der Waals surface area contributed by atoms with Crippen LogP contribution >= 0.6 is 11.6 Å². The molecule has 2 nitrogen and oxygen atoms in total. The van der Waals surface area contributed by atoms with Gasteiger partial charge >= 0.3 is 0 Å². The quantitative estimate of drug-likeness (QED) is 0.897. The molecule has 0 radical (unpaired) electrons. The van der Waals surface area contributed by atoms with Crippen molar-refractivity contribution in [2.24, 2.45) is 0 Å². The lowest BCUT2D eigenvalue weighted by Crippen LogP contribution is -2.10. The molecule has 96 valence electrons. The second-order valence-corrected chi connectivity index (χ2v) is 4.65. The third-order valence-electron chi connectivity index (χ3n) is 2.83. The van der Waals surface area contributed by atoms with Crippen LogP contribution in [0.5, 0.6) is 0 Å². The molecule has 0 aliphatic rings. The fraction of sp³-hybridized carbons (Fsp3) is 0.133. The third-order valence-corrected chi connectivity index (χ3v) is 3.08. The highest BCUT2D eigenvalue weighted by Crippen LogP contribution is 2.23. The Bertz CT molecular complexity index is 617. The lowest BCUT2D eigenvalue weighted by molar-refractivity contribution is 0.625. The number of nitrogens with one attached hydrogen (secondary N) is 1. The zero-order chi connectivity index (χ0) is 13.8. The number of hydrogen-bond donors (Lipinski definition) is 1. The van der Waals surface area contributed by atoms with Crippen LogP contribution in [0, 0.1) is 24.1 Å². The summed E-state index contributed by atoms with van der Waals surface area (Å²) in [7, 11) is 0. The van der Waals surface area contributed by atoms with Crippen molar-refractivity contribution in [2.75, 3.05) is 5.32 Å². The van der Waals surface area contributed by atoms with E-state index in [2.05, 4.69) is 11.4 Å². The number of hydrogen-bond acceptors (Lipinski definition) is 2. The fourth-order valence-corrected chi connectivity index (χ4v) is 1.98. The molecule has 0 aliphatic carbocycles. The summed E-state index contributed by atoms with van der Waals surface area (Å²) in [6.45, 7) is 1.78. The number of benzene rings is 2. The number of aryl methyl sites for hydroxylation is 1. The lowest BCUT2D eigenvalue weighted by Gasteiger charge is -2.15. The first-order valence-electron chi connectivity index (χ1n) is 5.78. The standard InChI is InChI=1S/C15H12ClFN2/c1-10-8-12(17)4-7-14(10)15(9-18)19-13-5-2-11(16)3-6-13/h2-8,15,19H,1H3. The molecule has 0 aliphatic heterocycles. The van der Waals surface area contributed by atoms with E-state index in [0.717, 1.165) is 16.8 Å². The molecule has 2 aromatic carbocycles. The average molecular weight is 275 g/mol. The van der Waals surface area contributed by atoms with E-state index in [0.29, 0.717) is 5.02 Å². The Balaban J connectivity index is 2.25. The van der Waals surface area contributed by atoms with Gasteiger partial charge in [0, 0.05) is 10.7 Å². The predicted molar refractivity (Wildman–Crippen MR) is 74.6 cm³/mol. The molecule has 1 atom stereocenters. The van der Waals surface area contributed by atoms with Gasteiger partial charge in [-0.15, -0.1) is 0 Å². The van der Waals surface area contributed by atoms with Crippen molar-refractivity contribution >= 4 is 17.3 Å². The van der Waals surface area contributed by atoms with E-state index in [1.54, 1.807) is 37.3 Å². The summed E-state index contributed by atoms with van der Waals surface area (Å²) in [5.41, 5.74) is 2.30. The Labute approximate surface area is 116 Å². The van der Waals surface area contributed by atoms with Crippen molar-refractivity contribution in [1.82, 2.24) is 0 Å². The lowest BCUT2D eigenvalue weighted by atomic mass is 10.0. The van der Waals surface area contributed by atoms with Crippen molar-refractivity contribution in [1.29, 1.82) is 5.26 Å². The van der Waals surface area contributed by atoms with E-state index in [1.807, 2.05) is 0 Å². The van der Waals surface area contributed by atoms with E-state index in [-0.39, 0.29) is 5.82 Å². The fourth-order valence-electron chi connectivity index (χ4n) is 1.86. The van der Waals surface area contributed by atoms with Crippen LogP contribution in [0.4, 0.5) is 10.1 Å². The highest BCUT2D eigenvalue weighted by Gasteiger charge is 2.13. The van der Waals surface area contributed by atoms with Crippen LogP contribution in [0.2, 0.25) is 5.02 Å². The van der Waals surface area contributed by atoms with Crippen molar-refractivity contribution in [3.63, 3.8) is 0 Å². The third kappa shape index (κ3) is 3.24. The van der Waals surface area contributed by atoms with Crippen molar-refractivity contribution < 1.29 is 4.39 Å². The number of halogens is 2. The van der Waals surface area contributed by atoms with Gasteiger partial charge in [0.2, 0.25) is 0 Å². The zero-order valence-corrected chi connectivity index (χ0v) is 11.1. The van der Waals surface area contributed by atoms with E-state index >= 15 is 0 Å². The normalized spacial score (nSPS) is 11.7. The van der Waals surface area contributed by atoms with Crippen LogP contribution in [0.25, 0.3) is 0 Å². The minimum absolute atomic E-state index is 0.301. The van der Waals surface area contributed by atoms with Gasteiger partial charge < -0.3 is 5.32 Å². The predicted octanol–water partition coefficient (Wildman–Crippen LogP) is 4.46. The van der Waals surface area contributed by atoms with Crippen LogP contribution in [0.15, 0.2) is 42.5 Å². The largest absolute Gasteiger partial charge is 0.366 e. The van der Waals surface area contributed by atoms with Crippen molar-refractivity contribution in [2.45, 2.75) is 13.0 Å². The Morgan fingerprint density at radius 1 is 1.21 bits per heavy atom. The summed E-state index contributed by atoms with van der Waals surface area (Å²) >= 11 is 5.81. The van der Waals surface area contributed by atoms with Gasteiger partial charge in [0.1, 0.15) is 11.9 Å². The van der Waals surface area contributed by atoms with Gasteiger partial charge in [-0.3, -0.25) is 0 Å². The summed E-state index contributed by atoms with van der Waals surface area (Å²) in [6.07, 6.45) is 0. The highest BCUT2D eigenvalue weighted by molar-refractivity contribution is 6.30. The maximum Gasteiger partial charge on any atom is 0.140 e. The van der Waals surface area contributed by atoms with Gasteiger partial charge in [-0.05, 0) is 54.4 Å². The van der Waals surface area contributed by atoms with Gasteiger partial charge in [0.25, 0.3) is 0 Å². The molecule has 0 amide bonds. The molecule has 0 saturated carbocycles. The van der Waals surface area contributed by atoms with Gasteiger partial charge in [0.05, 0.1) is 6.07 Å². The maximum atomic E-state index is 13.1. The Morgan fingerprint density at radius 2 is 1.89 bits per heavy atom. The summed E-state index contributed by atoms with van der Waals surface area (Å²) in [5.74, 6) is -0.301. The molecule has 2 rings (SSSR count). The number of nitrogens with zero attached hydrogens (tertiary/aromatic N) is 1. The smallest absolute Gasteiger partial charge is 0.140 e. The first-order valence-corrected chi connectivity index (χ1v) is 6.15. The monoisotopic (exact) mass is 274 g/mol. The molecule has 0 saturated heterocycles. The van der Waals surface area contributed by atoms with Crippen LogP contribution in [-0.4, -0.2) is 0 Å². The summed E-state index contributed by atoms with van der Waals surface area (Å²) < 4.78 is 13.1. The molecular weight excluding hydrogens is 263 g/mol. The maximum absolute atomic E-state index is 13.1. The van der Waals surface area contributed by atoms with Gasteiger partial charge in [-0.2, -0.15) is 5.26 Å². The van der Waals surface area contributed by atoms with Crippen LogP contribution in [0.3, 0.4) is 0 Å². The Kier molecular flexibility index (Phi) is 4.03. The minimum Gasteiger partial charge on any atom is -0.366 e. The molecular formula is C15H12ClFN2. The SMILES string of the molecule is Cc1cc(F)ccc1C(C#N)Nc1ccc(Cl)cc1. The van der Waals surface area contributed by atoms with Crippen molar-refractivity contribution in [3.05, 3.63) is 64.4 Å². The highest BCUT2D eigenvalue weighted by atomic mass is 35.5. The molecule has 0 heterocycles. The summed E-state index contributed by atoms with van der Waals surface area (Å²) in [6, 6.07) is 13.1. The van der Waals surface area contributed by atoms with Crippen LogP contribution in [-0.2, 0) is 0 Å². The second kappa shape index (κ2) is 5.73. The molecule has 0 bridgehead atoms. The molecule has 1 N–H and O–H groups in total. The molecule has 0 fully saturated rings. The van der Waals surface area contributed by atoms with Crippen LogP contribution < -0.4 is 5.32 Å². The summed E-state index contributed by atoms with van der Waals surface area (Å²) in [5, 5.41) is 13.0.